The predicted molar refractivity (Wildman–Crippen MR) is 58.6 cm³/mol. The first-order chi connectivity index (χ1) is 7.87. The number of ether oxygens (including phenoxy) is 4. The average molecular weight is 245 g/mol. The maximum Gasteiger partial charge on any atom is 0.404 e. The number of hydrogen-bond donors (Lipinski definition) is 1. The van der Waals surface area contributed by atoms with Crippen LogP contribution in [-0.4, -0.2) is 49.3 Å². The van der Waals surface area contributed by atoms with Gasteiger partial charge in [-0.2, -0.15) is 0 Å². The number of carbonyl (C=O) groups excluding carboxylic acids is 1. The molecule has 6 heteroatoms. The molecule has 0 aliphatic carbocycles. The van der Waals surface area contributed by atoms with Crippen LogP contribution in [0.5, 0.6) is 0 Å². The van der Waals surface area contributed by atoms with Crippen LogP contribution in [0.3, 0.4) is 0 Å². The first-order valence-electron chi connectivity index (χ1n) is 5.74. The number of nitrogens with two attached hydrogens (primary N) is 1. The molecule has 0 aromatic heterocycles. The second kappa shape index (κ2) is 4.44. The molecule has 2 heterocycles. The van der Waals surface area contributed by atoms with Crippen LogP contribution in [-0.2, 0) is 18.9 Å². The summed E-state index contributed by atoms with van der Waals surface area (Å²) in [5.74, 6) is 0. The Balaban J connectivity index is 1.93. The van der Waals surface area contributed by atoms with E-state index in [0.717, 1.165) is 0 Å². The number of amides is 1. The molecule has 0 aromatic carbocycles. The van der Waals surface area contributed by atoms with Crippen LogP contribution >= 0.6 is 0 Å². The normalized spacial score (nSPS) is 33.0. The number of carbonyl (C=O) groups is 1. The number of rotatable bonds is 4. The molecule has 2 N–H and O–H groups in total. The van der Waals surface area contributed by atoms with E-state index in [4.69, 9.17) is 24.7 Å². The van der Waals surface area contributed by atoms with Gasteiger partial charge in [0.2, 0.25) is 0 Å². The Hall–Kier alpha value is -0.850. The lowest BCUT2D eigenvalue weighted by molar-refractivity contribution is -0.146. The summed E-state index contributed by atoms with van der Waals surface area (Å²) in [6.45, 7) is 6.47. The molecule has 2 aliphatic rings. The fourth-order valence-corrected chi connectivity index (χ4v) is 2.01. The van der Waals surface area contributed by atoms with Crippen molar-refractivity contribution in [3.63, 3.8) is 0 Å². The highest BCUT2D eigenvalue weighted by molar-refractivity contribution is 5.64. The highest BCUT2D eigenvalue weighted by atomic mass is 16.7. The molecule has 0 radical (unpaired) electrons. The zero-order valence-electron chi connectivity index (χ0n) is 10.3. The number of epoxide rings is 1. The van der Waals surface area contributed by atoms with Crippen molar-refractivity contribution in [2.24, 2.45) is 5.73 Å². The Labute approximate surface area is 100 Å². The fourth-order valence-electron chi connectivity index (χ4n) is 2.01. The predicted octanol–water partition coefficient (Wildman–Crippen LogP) is 0.432. The van der Waals surface area contributed by atoms with E-state index in [-0.39, 0.29) is 36.6 Å². The number of fused-ring (bicyclic) bond motifs is 1. The van der Waals surface area contributed by atoms with Gasteiger partial charge in [0.25, 0.3) is 0 Å². The Bertz CT molecular complexity index is 301. The zero-order chi connectivity index (χ0) is 12.6. The molecule has 17 heavy (non-hydrogen) atoms. The van der Waals surface area contributed by atoms with Crippen LogP contribution in [0.15, 0.2) is 0 Å². The second-order valence-electron chi connectivity index (χ2n) is 5.34. The molecule has 6 nitrogen and oxygen atoms in total. The van der Waals surface area contributed by atoms with E-state index >= 15 is 0 Å². The van der Waals surface area contributed by atoms with E-state index in [1.54, 1.807) is 0 Å². The Morgan fingerprint density at radius 1 is 1.53 bits per heavy atom. The van der Waals surface area contributed by atoms with Gasteiger partial charge in [0.15, 0.2) is 0 Å². The third kappa shape index (κ3) is 3.31. The monoisotopic (exact) mass is 245 g/mol. The number of primary amides is 1. The van der Waals surface area contributed by atoms with Crippen molar-refractivity contribution in [3.8, 4) is 0 Å². The summed E-state index contributed by atoms with van der Waals surface area (Å²) >= 11 is 0. The van der Waals surface area contributed by atoms with Crippen LogP contribution in [0.2, 0.25) is 0 Å². The van der Waals surface area contributed by atoms with Gasteiger partial charge in [0.1, 0.15) is 31.0 Å². The Morgan fingerprint density at radius 2 is 2.24 bits per heavy atom. The molecular formula is C11H19NO5. The largest absolute Gasteiger partial charge is 0.447 e. The summed E-state index contributed by atoms with van der Waals surface area (Å²) in [6.07, 6.45) is -1.09. The molecule has 2 rings (SSSR count). The van der Waals surface area contributed by atoms with Gasteiger partial charge in [-0.15, -0.1) is 0 Å². The van der Waals surface area contributed by atoms with Crippen molar-refractivity contribution in [2.45, 2.75) is 50.8 Å². The van der Waals surface area contributed by atoms with Gasteiger partial charge in [-0.1, -0.05) is 0 Å². The molecular weight excluding hydrogens is 226 g/mol. The molecule has 2 aliphatic heterocycles. The highest BCUT2D eigenvalue weighted by Crippen LogP contribution is 2.37. The van der Waals surface area contributed by atoms with Crippen molar-refractivity contribution >= 4 is 6.09 Å². The Morgan fingerprint density at radius 3 is 2.65 bits per heavy atom. The molecule has 2 saturated heterocycles. The van der Waals surface area contributed by atoms with Gasteiger partial charge in [-0.3, -0.25) is 0 Å². The van der Waals surface area contributed by atoms with Gasteiger partial charge in [0, 0.05) is 0 Å². The van der Waals surface area contributed by atoms with Crippen LogP contribution in [0.25, 0.3) is 0 Å². The Kier molecular flexibility index (Phi) is 3.29. The first-order valence-corrected chi connectivity index (χ1v) is 5.74. The summed E-state index contributed by atoms with van der Waals surface area (Å²) in [6, 6.07) is 0. The van der Waals surface area contributed by atoms with Crippen LogP contribution in [0.1, 0.15) is 20.8 Å². The first kappa shape index (κ1) is 12.6. The second-order valence-corrected chi connectivity index (χ2v) is 5.34. The SMILES string of the molecule is CC(C)(C)O[C@@H](COC(N)=O)[C@H]1OC[C@@H]2O[C@@H]12. The topological polar surface area (TPSA) is 83.3 Å². The van der Waals surface area contributed by atoms with E-state index in [1.165, 1.54) is 0 Å². The van der Waals surface area contributed by atoms with Crippen molar-refractivity contribution in [1.29, 1.82) is 0 Å². The van der Waals surface area contributed by atoms with E-state index in [9.17, 15) is 4.79 Å². The lowest BCUT2D eigenvalue weighted by Crippen LogP contribution is -2.43. The zero-order valence-corrected chi connectivity index (χ0v) is 10.3. The van der Waals surface area contributed by atoms with Crippen molar-refractivity contribution in [1.82, 2.24) is 0 Å². The van der Waals surface area contributed by atoms with Gasteiger partial charge < -0.3 is 24.7 Å². The maximum atomic E-state index is 10.6. The molecule has 1 amide bonds. The van der Waals surface area contributed by atoms with E-state index in [2.05, 4.69) is 0 Å². The van der Waals surface area contributed by atoms with E-state index in [1.807, 2.05) is 20.8 Å². The summed E-state index contributed by atoms with van der Waals surface area (Å²) in [7, 11) is 0. The summed E-state index contributed by atoms with van der Waals surface area (Å²) in [5, 5.41) is 0. The quantitative estimate of drug-likeness (QED) is 0.726. The molecule has 4 atom stereocenters. The molecule has 0 spiro atoms. The van der Waals surface area contributed by atoms with Gasteiger partial charge in [-0.25, -0.2) is 4.79 Å². The molecule has 0 saturated carbocycles. The molecule has 2 fully saturated rings. The molecule has 98 valence electrons. The summed E-state index contributed by atoms with van der Waals surface area (Å²) < 4.78 is 21.6. The van der Waals surface area contributed by atoms with E-state index < -0.39 is 6.09 Å². The standard InChI is InChI=1S/C11H19NO5/c1-11(2,3)17-7(5-15-10(12)13)8-9-6(16-9)4-14-8/h6-9H,4-5H2,1-3H3,(H2,12,13)/t6-,7-,8+,9+/m0/s1. The minimum absolute atomic E-state index is 0.0684. The van der Waals surface area contributed by atoms with Crippen molar-refractivity contribution in [2.75, 3.05) is 13.2 Å². The van der Waals surface area contributed by atoms with Gasteiger partial charge in [0.05, 0.1) is 12.2 Å². The smallest absolute Gasteiger partial charge is 0.404 e. The van der Waals surface area contributed by atoms with Crippen LogP contribution < -0.4 is 5.73 Å². The molecule has 0 bridgehead atoms. The minimum atomic E-state index is -0.807. The van der Waals surface area contributed by atoms with Gasteiger partial charge >= 0.3 is 6.09 Å². The molecule has 0 aromatic rings. The van der Waals surface area contributed by atoms with E-state index in [0.29, 0.717) is 6.61 Å². The van der Waals surface area contributed by atoms with Crippen molar-refractivity contribution < 1.29 is 23.7 Å². The summed E-state index contributed by atoms with van der Waals surface area (Å²) in [5.41, 5.74) is 4.61. The summed E-state index contributed by atoms with van der Waals surface area (Å²) in [4.78, 5) is 10.6. The van der Waals surface area contributed by atoms with Gasteiger partial charge in [-0.05, 0) is 20.8 Å². The average Bonchev–Trinajstić information content (AvgIpc) is 2.84. The highest BCUT2D eigenvalue weighted by Gasteiger charge is 2.55. The maximum absolute atomic E-state index is 10.6. The third-order valence-corrected chi connectivity index (χ3v) is 2.66. The lowest BCUT2D eigenvalue weighted by atomic mass is 10.1. The molecule has 0 unspecified atom stereocenters. The number of hydrogen-bond acceptors (Lipinski definition) is 5. The third-order valence-electron chi connectivity index (χ3n) is 2.66. The minimum Gasteiger partial charge on any atom is -0.447 e. The van der Waals surface area contributed by atoms with Crippen molar-refractivity contribution in [3.05, 3.63) is 0 Å². The van der Waals surface area contributed by atoms with Crippen LogP contribution in [0, 0.1) is 0 Å². The van der Waals surface area contributed by atoms with Crippen LogP contribution in [0.4, 0.5) is 4.79 Å². The fraction of sp³-hybridized carbons (Fsp3) is 0.909. The lowest BCUT2D eigenvalue weighted by Gasteiger charge is -2.30.